The van der Waals surface area contributed by atoms with Gasteiger partial charge in [0.05, 0.1) is 35.1 Å². The summed E-state index contributed by atoms with van der Waals surface area (Å²) in [5, 5.41) is 0. The fourth-order valence-corrected chi connectivity index (χ4v) is 5.00. The Labute approximate surface area is 212 Å². The average molecular weight is 506 g/mol. The monoisotopic (exact) mass is 505 g/mol. The largest absolute Gasteiger partial charge is 0.490 e. The summed E-state index contributed by atoms with van der Waals surface area (Å²) < 4.78 is 19.0. The van der Waals surface area contributed by atoms with E-state index < -0.39 is 12.0 Å². The number of rotatable bonds is 9. The van der Waals surface area contributed by atoms with Gasteiger partial charge in [-0.15, -0.1) is 0 Å². The smallest absolute Gasteiger partial charge is 0.338 e. The van der Waals surface area contributed by atoms with Gasteiger partial charge < -0.3 is 14.2 Å². The first-order chi connectivity index (χ1) is 17.5. The van der Waals surface area contributed by atoms with Crippen LogP contribution < -0.4 is 24.4 Å². The van der Waals surface area contributed by atoms with Crippen LogP contribution in [0, 0.1) is 0 Å². The van der Waals surface area contributed by atoms with E-state index in [4.69, 9.17) is 14.2 Å². The van der Waals surface area contributed by atoms with Crippen LogP contribution in [0.25, 0.3) is 6.08 Å². The van der Waals surface area contributed by atoms with Crippen LogP contribution in [-0.2, 0) is 9.53 Å². The number of esters is 1. The molecule has 0 saturated carbocycles. The van der Waals surface area contributed by atoms with E-state index in [2.05, 4.69) is 16.6 Å². The number of hydrogen-bond donors (Lipinski definition) is 0. The Kier molecular flexibility index (Phi) is 7.80. The van der Waals surface area contributed by atoms with E-state index in [1.54, 1.807) is 61.2 Å². The molecule has 3 aromatic rings. The van der Waals surface area contributed by atoms with Gasteiger partial charge in [-0.1, -0.05) is 36.1 Å². The van der Waals surface area contributed by atoms with E-state index in [0.29, 0.717) is 50.9 Å². The van der Waals surface area contributed by atoms with Gasteiger partial charge in [0.25, 0.3) is 5.56 Å². The molecule has 1 aromatic carbocycles. The van der Waals surface area contributed by atoms with Gasteiger partial charge in [-0.05, 0) is 56.2 Å². The fourth-order valence-electron chi connectivity index (χ4n) is 3.95. The lowest BCUT2D eigenvalue weighted by Gasteiger charge is -2.25. The maximum atomic E-state index is 13.7. The second-order valence-electron chi connectivity index (χ2n) is 7.83. The molecule has 0 bridgehead atoms. The summed E-state index contributed by atoms with van der Waals surface area (Å²) in [6.45, 7) is 9.99. The summed E-state index contributed by atoms with van der Waals surface area (Å²) in [4.78, 5) is 36.0. The molecule has 0 amide bonds. The van der Waals surface area contributed by atoms with Crippen LogP contribution in [-0.4, -0.2) is 35.3 Å². The van der Waals surface area contributed by atoms with Crippen molar-refractivity contribution in [3.8, 4) is 11.5 Å². The quantitative estimate of drug-likeness (QED) is 0.328. The van der Waals surface area contributed by atoms with Crippen molar-refractivity contribution in [2.75, 3.05) is 19.8 Å². The first-order valence-electron chi connectivity index (χ1n) is 11.6. The third kappa shape index (κ3) is 5.01. The molecule has 1 aliphatic rings. The van der Waals surface area contributed by atoms with E-state index >= 15 is 0 Å². The van der Waals surface area contributed by atoms with Gasteiger partial charge in [0.2, 0.25) is 0 Å². The third-order valence-corrected chi connectivity index (χ3v) is 6.42. The Morgan fingerprint density at radius 1 is 1.19 bits per heavy atom. The number of aromatic nitrogens is 2. The SMILES string of the molecule is C=CCOc1ccc([C@@H]2C(C(=O)OCC)=C(C)N=c3sc(=Cc4cccnc4)c(=O)n32)cc1OCC. The highest BCUT2D eigenvalue weighted by Gasteiger charge is 2.34. The standard InChI is InChI=1S/C27H27N3O5S/c1-5-13-35-20-11-10-19(15-21(20)33-6-2)24-23(26(32)34-7-3)17(4)29-27-30(24)25(31)22(36-27)14-18-9-8-12-28-16-18/h5,8-12,14-16,24H,1,6-7,13H2,2-4H3/t24-/m1/s1. The molecule has 1 aliphatic heterocycles. The zero-order valence-corrected chi connectivity index (χ0v) is 21.2. The van der Waals surface area contributed by atoms with Crippen molar-refractivity contribution in [1.82, 2.24) is 9.55 Å². The van der Waals surface area contributed by atoms with Crippen LogP contribution in [0.5, 0.6) is 11.5 Å². The summed E-state index contributed by atoms with van der Waals surface area (Å²) in [6.07, 6.45) is 6.78. The summed E-state index contributed by atoms with van der Waals surface area (Å²) in [7, 11) is 0. The molecule has 0 aliphatic carbocycles. The number of thiazole rings is 1. The molecule has 1 atom stereocenters. The van der Waals surface area contributed by atoms with Crippen LogP contribution >= 0.6 is 11.3 Å². The van der Waals surface area contributed by atoms with Gasteiger partial charge in [0, 0.05) is 12.4 Å². The van der Waals surface area contributed by atoms with Crippen molar-refractivity contribution in [2.45, 2.75) is 26.8 Å². The minimum absolute atomic E-state index is 0.201. The number of carbonyl (C=O) groups excluding carboxylic acids is 1. The Morgan fingerprint density at radius 2 is 2.03 bits per heavy atom. The van der Waals surface area contributed by atoms with Crippen LogP contribution in [0.2, 0.25) is 0 Å². The number of benzene rings is 1. The normalized spacial score (nSPS) is 15.2. The van der Waals surface area contributed by atoms with Crippen molar-refractivity contribution in [3.05, 3.63) is 97.5 Å². The molecular formula is C27H27N3O5S. The van der Waals surface area contributed by atoms with Gasteiger partial charge >= 0.3 is 5.97 Å². The van der Waals surface area contributed by atoms with Gasteiger partial charge in [-0.25, -0.2) is 9.79 Å². The predicted molar refractivity (Wildman–Crippen MR) is 138 cm³/mol. The van der Waals surface area contributed by atoms with Crippen molar-refractivity contribution in [2.24, 2.45) is 4.99 Å². The van der Waals surface area contributed by atoms with Crippen LogP contribution in [0.3, 0.4) is 0 Å². The molecule has 3 heterocycles. The minimum atomic E-state index is -0.746. The summed E-state index contributed by atoms with van der Waals surface area (Å²) in [5.41, 5.74) is 2.02. The number of fused-ring (bicyclic) bond motifs is 1. The Hall–Kier alpha value is -3.98. The zero-order chi connectivity index (χ0) is 25.7. The summed E-state index contributed by atoms with van der Waals surface area (Å²) >= 11 is 1.26. The number of allylic oxidation sites excluding steroid dienone is 1. The van der Waals surface area contributed by atoms with Crippen LogP contribution in [0.15, 0.2) is 76.4 Å². The van der Waals surface area contributed by atoms with Crippen molar-refractivity contribution in [1.29, 1.82) is 0 Å². The zero-order valence-electron chi connectivity index (χ0n) is 20.4. The maximum absolute atomic E-state index is 13.7. The van der Waals surface area contributed by atoms with Crippen molar-refractivity contribution >= 4 is 23.4 Å². The summed E-state index contributed by atoms with van der Waals surface area (Å²) in [6, 6.07) is 8.32. The van der Waals surface area contributed by atoms with Gasteiger partial charge in [0.1, 0.15) is 6.61 Å². The lowest BCUT2D eigenvalue weighted by atomic mass is 9.95. The first-order valence-corrected chi connectivity index (χ1v) is 12.4. The molecule has 0 saturated heterocycles. The van der Waals surface area contributed by atoms with Gasteiger partial charge in [-0.3, -0.25) is 14.3 Å². The predicted octanol–water partition coefficient (Wildman–Crippen LogP) is 3.16. The highest BCUT2D eigenvalue weighted by molar-refractivity contribution is 7.07. The molecule has 0 radical (unpaired) electrons. The molecule has 0 spiro atoms. The molecule has 8 nitrogen and oxygen atoms in total. The molecule has 36 heavy (non-hydrogen) atoms. The number of ether oxygens (including phenoxy) is 3. The first kappa shape index (κ1) is 25.1. The van der Waals surface area contributed by atoms with E-state index in [1.807, 2.05) is 19.1 Å². The number of pyridine rings is 1. The number of hydrogen-bond acceptors (Lipinski definition) is 8. The molecule has 2 aromatic heterocycles. The van der Waals surface area contributed by atoms with Crippen molar-refractivity contribution < 1.29 is 19.0 Å². The number of carbonyl (C=O) groups is 1. The Morgan fingerprint density at radius 3 is 2.72 bits per heavy atom. The highest BCUT2D eigenvalue weighted by Crippen LogP contribution is 2.36. The van der Waals surface area contributed by atoms with E-state index in [9.17, 15) is 9.59 Å². The van der Waals surface area contributed by atoms with Gasteiger partial charge in [-0.2, -0.15) is 0 Å². The highest BCUT2D eigenvalue weighted by atomic mass is 32.1. The molecule has 9 heteroatoms. The minimum Gasteiger partial charge on any atom is -0.490 e. The van der Waals surface area contributed by atoms with Crippen LogP contribution in [0.4, 0.5) is 0 Å². The second-order valence-corrected chi connectivity index (χ2v) is 8.84. The molecular weight excluding hydrogens is 478 g/mol. The van der Waals surface area contributed by atoms with E-state index in [0.717, 1.165) is 5.56 Å². The lowest BCUT2D eigenvalue weighted by molar-refractivity contribution is -0.139. The van der Waals surface area contributed by atoms with E-state index in [-0.39, 0.29) is 12.2 Å². The number of nitrogens with zero attached hydrogens (tertiary/aromatic N) is 3. The Balaban J connectivity index is 1.94. The molecule has 0 unspecified atom stereocenters. The van der Waals surface area contributed by atoms with Crippen molar-refractivity contribution in [3.63, 3.8) is 0 Å². The van der Waals surface area contributed by atoms with E-state index in [1.165, 1.54) is 11.3 Å². The topological polar surface area (TPSA) is 92.0 Å². The Bertz CT molecular complexity index is 1490. The fraction of sp³-hybridized carbons (Fsp3) is 0.259. The van der Waals surface area contributed by atoms with Gasteiger partial charge in [0.15, 0.2) is 16.3 Å². The average Bonchev–Trinajstić information content (AvgIpc) is 3.17. The second kappa shape index (κ2) is 11.2. The van der Waals surface area contributed by atoms with Crippen LogP contribution in [0.1, 0.15) is 37.9 Å². The molecule has 0 fully saturated rings. The maximum Gasteiger partial charge on any atom is 0.338 e. The third-order valence-electron chi connectivity index (χ3n) is 5.44. The molecule has 186 valence electrons. The summed E-state index contributed by atoms with van der Waals surface area (Å²) in [5.74, 6) is 0.533. The molecule has 4 rings (SSSR count). The lowest BCUT2D eigenvalue weighted by Crippen LogP contribution is -2.40. The molecule has 0 N–H and O–H groups in total.